The molecule has 5 rings (SSSR count). The highest BCUT2D eigenvalue weighted by Gasteiger charge is 2.50. The van der Waals surface area contributed by atoms with Crippen LogP contribution in [-0.2, 0) is 4.79 Å². The molecule has 5 nitrogen and oxygen atoms in total. The summed E-state index contributed by atoms with van der Waals surface area (Å²) in [6.07, 6.45) is 5.08. The van der Waals surface area contributed by atoms with Crippen LogP contribution in [0, 0.1) is 11.3 Å². The molecule has 3 fully saturated rings. The molecule has 1 atom stereocenters. The van der Waals surface area contributed by atoms with Crippen LogP contribution in [0.15, 0.2) is 36.4 Å². The number of carbonyl (C=O) groups excluding carboxylic acids is 2. The number of hydrogen-bond donors (Lipinski definition) is 1. The van der Waals surface area contributed by atoms with Crippen LogP contribution in [0.25, 0.3) is 10.8 Å². The summed E-state index contributed by atoms with van der Waals surface area (Å²) in [4.78, 5) is 30.4. The Hall–Kier alpha value is -2.56. The maximum atomic E-state index is 13.3. The number of hydrogen-bond acceptors (Lipinski definition) is 3. The SMILES string of the molecule is O=C(c1c(O)ccc2ccccc12)N1CC[C@@]2(CCCN(CC3CC3)C2=O)C1. The summed E-state index contributed by atoms with van der Waals surface area (Å²) >= 11 is 0. The minimum atomic E-state index is -0.428. The summed E-state index contributed by atoms with van der Waals surface area (Å²) in [6.45, 7) is 2.78. The van der Waals surface area contributed by atoms with Crippen LogP contribution in [0.1, 0.15) is 42.5 Å². The molecule has 1 aliphatic carbocycles. The number of aromatic hydroxyl groups is 1. The Kier molecular flexibility index (Phi) is 4.07. The van der Waals surface area contributed by atoms with E-state index in [0.29, 0.717) is 24.6 Å². The Labute approximate surface area is 164 Å². The molecule has 0 aromatic heterocycles. The van der Waals surface area contributed by atoms with Crippen LogP contribution in [0.4, 0.5) is 0 Å². The lowest BCUT2D eigenvalue weighted by Gasteiger charge is -2.39. The van der Waals surface area contributed by atoms with Crippen molar-refractivity contribution in [3.8, 4) is 5.75 Å². The highest BCUT2D eigenvalue weighted by molar-refractivity contribution is 6.09. The van der Waals surface area contributed by atoms with E-state index in [2.05, 4.69) is 0 Å². The molecule has 2 aromatic carbocycles. The quantitative estimate of drug-likeness (QED) is 0.890. The molecule has 1 spiro atoms. The number of amides is 2. The van der Waals surface area contributed by atoms with Crippen LogP contribution >= 0.6 is 0 Å². The Bertz CT molecular complexity index is 952. The number of fused-ring (bicyclic) bond motifs is 1. The van der Waals surface area contributed by atoms with Gasteiger partial charge in [-0.15, -0.1) is 0 Å². The van der Waals surface area contributed by atoms with Gasteiger partial charge in [0.1, 0.15) is 5.75 Å². The van der Waals surface area contributed by atoms with E-state index in [1.54, 1.807) is 11.0 Å². The number of benzene rings is 2. The van der Waals surface area contributed by atoms with E-state index in [1.807, 2.05) is 35.2 Å². The molecule has 0 bridgehead atoms. The van der Waals surface area contributed by atoms with Gasteiger partial charge >= 0.3 is 0 Å². The van der Waals surface area contributed by atoms with Crippen molar-refractivity contribution < 1.29 is 14.7 Å². The van der Waals surface area contributed by atoms with Crippen molar-refractivity contribution in [3.05, 3.63) is 42.0 Å². The molecular weight excluding hydrogens is 352 g/mol. The van der Waals surface area contributed by atoms with Crippen LogP contribution in [0.3, 0.4) is 0 Å². The lowest BCUT2D eigenvalue weighted by molar-refractivity contribution is -0.145. The molecule has 2 aliphatic heterocycles. The maximum absolute atomic E-state index is 13.3. The summed E-state index contributed by atoms with van der Waals surface area (Å²) in [7, 11) is 0. The van der Waals surface area contributed by atoms with Crippen molar-refractivity contribution in [1.29, 1.82) is 0 Å². The first-order valence-electron chi connectivity index (χ1n) is 10.4. The van der Waals surface area contributed by atoms with Crippen molar-refractivity contribution in [2.75, 3.05) is 26.2 Å². The van der Waals surface area contributed by atoms with Gasteiger partial charge in [-0.25, -0.2) is 0 Å². The predicted octanol–water partition coefficient (Wildman–Crippen LogP) is 3.41. The molecule has 2 amide bonds. The number of piperidine rings is 1. The third kappa shape index (κ3) is 2.84. The molecule has 2 heterocycles. The van der Waals surface area contributed by atoms with Gasteiger partial charge in [-0.1, -0.05) is 30.3 Å². The normalized spacial score (nSPS) is 25.1. The standard InChI is InChI=1S/C23H26N2O3/c26-19-9-8-17-4-1-2-5-18(17)20(19)21(27)25-13-11-23(15-25)10-3-12-24(22(23)28)14-16-6-7-16/h1-2,4-5,8-9,16,26H,3,6-7,10-15H2/t23-/m0/s1. The van der Waals surface area contributed by atoms with Crippen LogP contribution in [-0.4, -0.2) is 52.9 Å². The lowest BCUT2D eigenvalue weighted by Crippen LogP contribution is -2.50. The third-order valence-electron chi connectivity index (χ3n) is 6.76. The van der Waals surface area contributed by atoms with Gasteiger partial charge < -0.3 is 14.9 Å². The largest absolute Gasteiger partial charge is 0.507 e. The minimum Gasteiger partial charge on any atom is -0.507 e. The zero-order chi connectivity index (χ0) is 19.3. The molecule has 0 radical (unpaired) electrons. The molecule has 2 saturated heterocycles. The van der Waals surface area contributed by atoms with Gasteiger partial charge in [0.25, 0.3) is 5.91 Å². The van der Waals surface area contributed by atoms with E-state index in [1.165, 1.54) is 12.8 Å². The van der Waals surface area contributed by atoms with Gasteiger partial charge in [0.15, 0.2) is 0 Å². The van der Waals surface area contributed by atoms with Gasteiger partial charge in [0.2, 0.25) is 5.91 Å². The second kappa shape index (κ2) is 6.50. The number of phenols is 1. The summed E-state index contributed by atoms with van der Waals surface area (Å²) in [5, 5.41) is 12.1. The average Bonchev–Trinajstić information content (AvgIpc) is 3.42. The van der Waals surface area contributed by atoms with Crippen molar-refractivity contribution in [1.82, 2.24) is 9.80 Å². The molecule has 28 heavy (non-hydrogen) atoms. The fourth-order valence-electron chi connectivity index (χ4n) is 5.01. The zero-order valence-electron chi connectivity index (χ0n) is 16.1. The Balaban J connectivity index is 1.41. The van der Waals surface area contributed by atoms with E-state index in [0.717, 1.165) is 43.1 Å². The zero-order valence-corrected chi connectivity index (χ0v) is 16.1. The van der Waals surface area contributed by atoms with Crippen molar-refractivity contribution in [2.45, 2.75) is 32.1 Å². The highest BCUT2D eigenvalue weighted by Crippen LogP contribution is 2.42. The molecule has 3 aliphatic rings. The first-order valence-corrected chi connectivity index (χ1v) is 10.4. The van der Waals surface area contributed by atoms with Gasteiger partial charge in [-0.3, -0.25) is 9.59 Å². The maximum Gasteiger partial charge on any atom is 0.258 e. The number of likely N-dealkylation sites (tertiary alicyclic amines) is 2. The fraction of sp³-hybridized carbons (Fsp3) is 0.478. The molecule has 0 unspecified atom stereocenters. The first-order chi connectivity index (χ1) is 13.6. The fourth-order valence-corrected chi connectivity index (χ4v) is 5.01. The van der Waals surface area contributed by atoms with Crippen LogP contribution < -0.4 is 0 Å². The van der Waals surface area contributed by atoms with E-state index in [9.17, 15) is 14.7 Å². The monoisotopic (exact) mass is 378 g/mol. The van der Waals surface area contributed by atoms with Crippen LogP contribution in [0.2, 0.25) is 0 Å². The van der Waals surface area contributed by atoms with Crippen molar-refractivity contribution >= 4 is 22.6 Å². The number of carbonyl (C=O) groups is 2. The number of phenolic OH excluding ortho intramolecular Hbond substituents is 1. The van der Waals surface area contributed by atoms with E-state index in [4.69, 9.17) is 0 Å². The molecule has 5 heteroatoms. The van der Waals surface area contributed by atoms with Gasteiger partial charge in [0, 0.05) is 26.2 Å². The molecule has 2 aromatic rings. The molecular formula is C23H26N2O3. The average molecular weight is 378 g/mol. The van der Waals surface area contributed by atoms with Crippen molar-refractivity contribution in [2.24, 2.45) is 11.3 Å². The second-order valence-corrected chi connectivity index (χ2v) is 8.74. The van der Waals surface area contributed by atoms with Crippen LogP contribution in [0.5, 0.6) is 5.75 Å². The van der Waals surface area contributed by atoms with Crippen molar-refractivity contribution in [3.63, 3.8) is 0 Å². The summed E-state index contributed by atoms with van der Waals surface area (Å²) in [5.41, 5.74) is -0.0727. The Morgan fingerprint density at radius 2 is 1.93 bits per heavy atom. The summed E-state index contributed by atoms with van der Waals surface area (Å²) < 4.78 is 0. The Morgan fingerprint density at radius 1 is 1.11 bits per heavy atom. The number of rotatable bonds is 3. The molecule has 146 valence electrons. The van der Waals surface area contributed by atoms with Gasteiger partial charge in [0.05, 0.1) is 11.0 Å². The first kappa shape index (κ1) is 17.5. The van der Waals surface area contributed by atoms with Gasteiger partial charge in [-0.2, -0.15) is 0 Å². The molecule has 1 saturated carbocycles. The summed E-state index contributed by atoms with van der Waals surface area (Å²) in [5.74, 6) is 0.766. The van der Waals surface area contributed by atoms with E-state index < -0.39 is 5.41 Å². The van der Waals surface area contributed by atoms with E-state index in [-0.39, 0.29) is 17.6 Å². The molecule has 1 N–H and O–H groups in total. The minimum absolute atomic E-state index is 0.00924. The predicted molar refractivity (Wildman–Crippen MR) is 107 cm³/mol. The number of nitrogens with zero attached hydrogens (tertiary/aromatic N) is 2. The smallest absolute Gasteiger partial charge is 0.258 e. The Morgan fingerprint density at radius 3 is 2.75 bits per heavy atom. The van der Waals surface area contributed by atoms with E-state index >= 15 is 0 Å². The highest BCUT2D eigenvalue weighted by atomic mass is 16.3. The third-order valence-corrected chi connectivity index (χ3v) is 6.76. The van der Waals surface area contributed by atoms with Gasteiger partial charge in [-0.05, 0) is 54.9 Å². The second-order valence-electron chi connectivity index (χ2n) is 8.74. The lowest BCUT2D eigenvalue weighted by atomic mass is 9.78. The summed E-state index contributed by atoms with van der Waals surface area (Å²) in [6, 6.07) is 11.0. The topological polar surface area (TPSA) is 60.9 Å².